The highest BCUT2D eigenvalue weighted by atomic mass is 16.6. The van der Waals surface area contributed by atoms with Gasteiger partial charge in [0.05, 0.1) is 4.92 Å². The van der Waals surface area contributed by atoms with Gasteiger partial charge in [0.1, 0.15) is 5.69 Å². The van der Waals surface area contributed by atoms with Gasteiger partial charge in [-0.25, -0.2) is 14.8 Å². The van der Waals surface area contributed by atoms with E-state index in [4.69, 9.17) is 10.5 Å². The van der Waals surface area contributed by atoms with Crippen molar-refractivity contribution in [2.75, 3.05) is 11.1 Å². The second-order valence-electron chi connectivity index (χ2n) is 4.60. The second-order valence-corrected chi connectivity index (χ2v) is 4.60. The minimum Gasteiger partial charge on any atom is -0.448 e. The number of carbonyl (C=O) groups is 2. The molecule has 0 aliphatic rings. The molecule has 0 saturated carbocycles. The van der Waals surface area contributed by atoms with Crippen LogP contribution in [0.15, 0.2) is 36.7 Å². The first-order chi connectivity index (χ1) is 11.4. The Bertz CT molecular complexity index is 795. The zero-order chi connectivity index (χ0) is 17.7. The summed E-state index contributed by atoms with van der Waals surface area (Å²) in [7, 11) is 0. The Hall–Kier alpha value is -3.56. The molecule has 0 aliphatic heterocycles. The number of hydrogen-bond acceptors (Lipinski definition) is 8. The van der Waals surface area contributed by atoms with Crippen LogP contribution in [0, 0.1) is 10.1 Å². The number of amides is 1. The van der Waals surface area contributed by atoms with Crippen LogP contribution in [-0.4, -0.2) is 32.9 Å². The number of nitrogens with zero attached hydrogens (tertiary/aromatic N) is 3. The second kappa shape index (κ2) is 7.13. The Labute approximate surface area is 135 Å². The lowest BCUT2D eigenvalue weighted by atomic mass is 10.2. The van der Waals surface area contributed by atoms with Gasteiger partial charge < -0.3 is 15.8 Å². The van der Waals surface area contributed by atoms with Gasteiger partial charge in [0, 0.05) is 18.5 Å². The van der Waals surface area contributed by atoms with Crippen molar-refractivity contribution in [2.45, 2.75) is 13.0 Å². The highest BCUT2D eigenvalue weighted by molar-refractivity contribution is 5.99. The molecule has 0 aliphatic carbocycles. The third-order valence-corrected chi connectivity index (χ3v) is 2.93. The smallest absolute Gasteiger partial charge is 0.361 e. The Morgan fingerprint density at radius 1 is 1.29 bits per heavy atom. The maximum absolute atomic E-state index is 12.1. The lowest BCUT2D eigenvalue weighted by molar-refractivity contribution is -0.383. The van der Waals surface area contributed by atoms with Crippen molar-refractivity contribution in [3.8, 4) is 0 Å². The summed E-state index contributed by atoms with van der Waals surface area (Å²) in [6.07, 6.45) is 1.33. The number of nitro benzene ring substituents is 1. The predicted molar refractivity (Wildman–Crippen MR) is 83.0 cm³/mol. The van der Waals surface area contributed by atoms with Crippen LogP contribution in [-0.2, 0) is 9.53 Å². The maximum Gasteiger partial charge on any atom is 0.361 e. The van der Waals surface area contributed by atoms with Crippen molar-refractivity contribution in [3.05, 3.63) is 52.5 Å². The lowest BCUT2D eigenvalue weighted by Gasteiger charge is -2.13. The first-order valence-corrected chi connectivity index (χ1v) is 6.72. The number of ether oxygens (including phenoxy) is 1. The molecule has 0 fully saturated rings. The molecule has 3 N–H and O–H groups in total. The van der Waals surface area contributed by atoms with Crippen LogP contribution in [0.25, 0.3) is 0 Å². The summed E-state index contributed by atoms with van der Waals surface area (Å²) in [5.74, 6) is -1.79. The molecule has 1 aromatic heterocycles. The van der Waals surface area contributed by atoms with Crippen molar-refractivity contribution in [2.24, 2.45) is 0 Å². The van der Waals surface area contributed by atoms with E-state index in [9.17, 15) is 19.7 Å². The summed E-state index contributed by atoms with van der Waals surface area (Å²) in [6, 6.07) is 5.60. The summed E-state index contributed by atoms with van der Waals surface area (Å²) >= 11 is 0. The van der Waals surface area contributed by atoms with Crippen molar-refractivity contribution in [1.29, 1.82) is 0 Å². The number of nitrogens with one attached hydrogen (secondary N) is 1. The monoisotopic (exact) mass is 331 g/mol. The summed E-state index contributed by atoms with van der Waals surface area (Å²) in [6.45, 7) is 1.31. The zero-order valence-corrected chi connectivity index (χ0v) is 12.5. The van der Waals surface area contributed by atoms with Gasteiger partial charge in [0.2, 0.25) is 0 Å². The van der Waals surface area contributed by atoms with Gasteiger partial charge in [-0.3, -0.25) is 14.9 Å². The molecule has 1 atom stereocenters. The largest absolute Gasteiger partial charge is 0.448 e. The standard InChI is InChI=1S/C14H13N5O5/c1-8(24-14(21)11-12(15)17-7-6-16-11)13(20)18-9-4-2-3-5-10(9)19(22)23/h2-8H,1H3,(H2,15,17)(H,18,20). The van der Waals surface area contributed by atoms with E-state index in [0.29, 0.717) is 0 Å². The van der Waals surface area contributed by atoms with Crippen LogP contribution in [0.3, 0.4) is 0 Å². The molecule has 24 heavy (non-hydrogen) atoms. The molecule has 1 unspecified atom stereocenters. The number of rotatable bonds is 5. The van der Waals surface area contributed by atoms with Gasteiger partial charge in [0.25, 0.3) is 11.6 Å². The SMILES string of the molecule is CC(OC(=O)c1nccnc1N)C(=O)Nc1ccccc1[N+](=O)[O-]. The molecule has 2 rings (SSSR count). The zero-order valence-electron chi connectivity index (χ0n) is 12.5. The Balaban J connectivity index is 2.07. The van der Waals surface area contributed by atoms with Crippen molar-refractivity contribution in [3.63, 3.8) is 0 Å². The summed E-state index contributed by atoms with van der Waals surface area (Å²) in [5, 5.41) is 13.3. The minimum absolute atomic E-state index is 0.00517. The first-order valence-electron chi connectivity index (χ1n) is 6.72. The van der Waals surface area contributed by atoms with Crippen LogP contribution in [0.1, 0.15) is 17.4 Å². The topological polar surface area (TPSA) is 150 Å². The number of aromatic nitrogens is 2. The average Bonchev–Trinajstić information content (AvgIpc) is 2.55. The van der Waals surface area contributed by atoms with Crippen molar-refractivity contribution in [1.82, 2.24) is 9.97 Å². The average molecular weight is 331 g/mol. The van der Waals surface area contributed by atoms with E-state index in [0.717, 1.165) is 0 Å². The van der Waals surface area contributed by atoms with E-state index in [-0.39, 0.29) is 22.9 Å². The van der Waals surface area contributed by atoms with Gasteiger partial charge in [-0.2, -0.15) is 0 Å². The Morgan fingerprint density at radius 2 is 1.96 bits per heavy atom. The highest BCUT2D eigenvalue weighted by Crippen LogP contribution is 2.23. The summed E-state index contributed by atoms with van der Waals surface area (Å²) in [5.41, 5.74) is 5.00. The van der Waals surface area contributed by atoms with Crippen molar-refractivity contribution >= 4 is 29.1 Å². The van der Waals surface area contributed by atoms with Gasteiger partial charge in [-0.1, -0.05) is 12.1 Å². The molecule has 0 bridgehead atoms. The number of nitrogens with two attached hydrogens (primary N) is 1. The van der Waals surface area contributed by atoms with Gasteiger partial charge in [0.15, 0.2) is 17.6 Å². The molecule has 0 spiro atoms. The Morgan fingerprint density at radius 3 is 2.62 bits per heavy atom. The van der Waals surface area contributed by atoms with Crippen LogP contribution in [0.4, 0.5) is 17.2 Å². The van der Waals surface area contributed by atoms with Crippen LogP contribution in [0.5, 0.6) is 0 Å². The number of hydrogen-bond donors (Lipinski definition) is 2. The molecule has 124 valence electrons. The van der Waals surface area contributed by atoms with E-state index < -0.39 is 22.9 Å². The first kappa shape index (κ1) is 16.8. The van der Waals surface area contributed by atoms with Crippen LogP contribution >= 0.6 is 0 Å². The van der Waals surface area contributed by atoms with E-state index in [1.54, 1.807) is 0 Å². The third-order valence-electron chi connectivity index (χ3n) is 2.93. The Kier molecular flexibility index (Phi) is 5.00. The minimum atomic E-state index is -1.22. The van der Waals surface area contributed by atoms with Crippen molar-refractivity contribution < 1.29 is 19.2 Å². The molecule has 0 saturated heterocycles. The molecule has 0 radical (unpaired) electrons. The highest BCUT2D eigenvalue weighted by Gasteiger charge is 2.23. The number of anilines is 2. The lowest BCUT2D eigenvalue weighted by Crippen LogP contribution is -2.30. The van der Waals surface area contributed by atoms with E-state index in [1.165, 1.54) is 43.6 Å². The normalized spacial score (nSPS) is 11.4. The van der Waals surface area contributed by atoms with E-state index in [1.807, 2.05) is 0 Å². The summed E-state index contributed by atoms with van der Waals surface area (Å²) in [4.78, 5) is 41.7. The molecule has 1 heterocycles. The fraction of sp³-hybridized carbons (Fsp3) is 0.143. The van der Waals surface area contributed by atoms with Gasteiger partial charge in [-0.05, 0) is 13.0 Å². The molecule has 1 aromatic carbocycles. The van der Waals surface area contributed by atoms with E-state index >= 15 is 0 Å². The molecular formula is C14H13N5O5. The van der Waals surface area contributed by atoms with E-state index in [2.05, 4.69) is 15.3 Å². The summed E-state index contributed by atoms with van der Waals surface area (Å²) < 4.78 is 4.95. The molecule has 10 heteroatoms. The third kappa shape index (κ3) is 3.80. The number of nitro groups is 1. The predicted octanol–water partition coefficient (Wildman–Crippen LogP) is 1.15. The number of benzene rings is 1. The molecule has 10 nitrogen and oxygen atoms in total. The van der Waals surface area contributed by atoms with Gasteiger partial charge in [-0.15, -0.1) is 0 Å². The quantitative estimate of drug-likeness (QED) is 0.470. The fourth-order valence-electron chi connectivity index (χ4n) is 1.75. The maximum atomic E-state index is 12.1. The number of esters is 1. The number of para-hydroxylation sites is 2. The fourth-order valence-corrected chi connectivity index (χ4v) is 1.75. The molecule has 2 aromatic rings. The number of carbonyl (C=O) groups excluding carboxylic acids is 2. The molecular weight excluding hydrogens is 318 g/mol. The van der Waals surface area contributed by atoms with Gasteiger partial charge >= 0.3 is 5.97 Å². The van der Waals surface area contributed by atoms with Crippen LogP contribution < -0.4 is 11.1 Å². The van der Waals surface area contributed by atoms with Crippen LogP contribution in [0.2, 0.25) is 0 Å². The number of nitrogen functional groups attached to an aromatic ring is 1. The molecule has 1 amide bonds.